The van der Waals surface area contributed by atoms with Gasteiger partial charge in [0, 0.05) is 6.42 Å². The summed E-state index contributed by atoms with van der Waals surface area (Å²) in [6, 6.07) is 0. The van der Waals surface area contributed by atoms with E-state index in [0.717, 1.165) is 32.4 Å². The number of hydrogen-bond acceptors (Lipinski definition) is 4. The van der Waals surface area contributed by atoms with Gasteiger partial charge in [-0.25, -0.2) is 0 Å². The predicted octanol–water partition coefficient (Wildman–Crippen LogP) is 0.300. The first-order valence-corrected chi connectivity index (χ1v) is 5.19. The van der Waals surface area contributed by atoms with Crippen LogP contribution < -0.4 is 5.32 Å². The van der Waals surface area contributed by atoms with E-state index in [1.807, 2.05) is 0 Å². The van der Waals surface area contributed by atoms with Crippen molar-refractivity contribution < 1.29 is 14.6 Å². The van der Waals surface area contributed by atoms with Crippen molar-refractivity contribution in [3.8, 4) is 0 Å². The Hall–Kier alpha value is -0.610. The maximum Gasteiger partial charge on any atom is 0.305 e. The van der Waals surface area contributed by atoms with Crippen molar-refractivity contribution in [1.82, 2.24) is 5.32 Å². The van der Waals surface area contributed by atoms with E-state index in [9.17, 15) is 9.90 Å². The lowest BCUT2D eigenvalue weighted by molar-refractivity contribution is -0.141. The minimum Gasteiger partial charge on any atom is -0.469 e. The average Bonchev–Trinajstić information content (AvgIpc) is 2.39. The zero-order valence-electron chi connectivity index (χ0n) is 8.66. The fourth-order valence-corrected chi connectivity index (χ4v) is 1.83. The van der Waals surface area contributed by atoms with E-state index in [2.05, 4.69) is 10.1 Å². The molecule has 4 heteroatoms. The van der Waals surface area contributed by atoms with Crippen LogP contribution in [0, 0.1) is 5.92 Å². The molecule has 82 valence electrons. The first-order valence-electron chi connectivity index (χ1n) is 5.19. The van der Waals surface area contributed by atoms with Crippen LogP contribution in [0.1, 0.15) is 25.7 Å². The SMILES string of the molecule is COC(=O)CCC1CCNCCC1O. The second kappa shape index (κ2) is 5.98. The van der Waals surface area contributed by atoms with Gasteiger partial charge in [-0.1, -0.05) is 0 Å². The molecule has 0 spiro atoms. The number of ether oxygens (including phenoxy) is 1. The Morgan fingerprint density at radius 2 is 2.21 bits per heavy atom. The largest absolute Gasteiger partial charge is 0.469 e. The number of hydrogen-bond donors (Lipinski definition) is 2. The van der Waals surface area contributed by atoms with Gasteiger partial charge in [-0.05, 0) is 38.3 Å². The van der Waals surface area contributed by atoms with Crippen LogP contribution in [0.15, 0.2) is 0 Å². The molecular weight excluding hydrogens is 182 g/mol. The topological polar surface area (TPSA) is 58.6 Å². The highest BCUT2D eigenvalue weighted by atomic mass is 16.5. The predicted molar refractivity (Wildman–Crippen MR) is 52.9 cm³/mol. The van der Waals surface area contributed by atoms with Crippen molar-refractivity contribution in [3.63, 3.8) is 0 Å². The van der Waals surface area contributed by atoms with Crippen LogP contribution in [0.4, 0.5) is 0 Å². The van der Waals surface area contributed by atoms with Crippen LogP contribution in [-0.4, -0.2) is 37.4 Å². The molecule has 14 heavy (non-hydrogen) atoms. The van der Waals surface area contributed by atoms with Gasteiger partial charge in [-0.15, -0.1) is 0 Å². The molecule has 4 nitrogen and oxygen atoms in total. The Kier molecular flexibility index (Phi) is 4.90. The second-order valence-corrected chi connectivity index (χ2v) is 3.77. The van der Waals surface area contributed by atoms with Crippen molar-refractivity contribution in [3.05, 3.63) is 0 Å². The van der Waals surface area contributed by atoms with E-state index in [4.69, 9.17) is 0 Å². The molecule has 1 rings (SSSR count). The lowest BCUT2D eigenvalue weighted by Crippen LogP contribution is -2.21. The molecule has 1 aliphatic heterocycles. The molecule has 1 saturated heterocycles. The summed E-state index contributed by atoms with van der Waals surface area (Å²) in [4.78, 5) is 10.9. The van der Waals surface area contributed by atoms with Gasteiger partial charge in [0.25, 0.3) is 0 Å². The molecule has 1 heterocycles. The van der Waals surface area contributed by atoms with Crippen molar-refractivity contribution in [2.24, 2.45) is 5.92 Å². The number of carbonyl (C=O) groups excluding carboxylic acids is 1. The van der Waals surface area contributed by atoms with Gasteiger partial charge in [0.05, 0.1) is 13.2 Å². The second-order valence-electron chi connectivity index (χ2n) is 3.77. The third-order valence-electron chi connectivity index (χ3n) is 2.80. The van der Waals surface area contributed by atoms with Gasteiger partial charge in [-0.3, -0.25) is 4.79 Å². The standard InChI is InChI=1S/C10H19NO3/c1-14-10(13)3-2-8-4-6-11-7-5-9(8)12/h8-9,11-12H,2-7H2,1H3. The average molecular weight is 201 g/mol. The molecule has 0 bridgehead atoms. The molecule has 2 unspecified atom stereocenters. The number of esters is 1. The molecule has 0 amide bonds. The number of rotatable bonds is 3. The zero-order chi connectivity index (χ0) is 10.4. The summed E-state index contributed by atoms with van der Waals surface area (Å²) in [7, 11) is 1.40. The summed E-state index contributed by atoms with van der Waals surface area (Å²) in [5.41, 5.74) is 0. The van der Waals surface area contributed by atoms with Gasteiger partial charge >= 0.3 is 5.97 Å². The highest BCUT2D eigenvalue weighted by Gasteiger charge is 2.21. The van der Waals surface area contributed by atoms with Gasteiger partial charge in [-0.2, -0.15) is 0 Å². The van der Waals surface area contributed by atoms with Crippen molar-refractivity contribution in [2.45, 2.75) is 31.8 Å². The van der Waals surface area contributed by atoms with E-state index >= 15 is 0 Å². The van der Waals surface area contributed by atoms with Gasteiger partial charge < -0.3 is 15.2 Å². The molecular formula is C10H19NO3. The smallest absolute Gasteiger partial charge is 0.305 e. The quantitative estimate of drug-likeness (QED) is 0.645. The van der Waals surface area contributed by atoms with Gasteiger partial charge in [0.1, 0.15) is 0 Å². The third-order valence-corrected chi connectivity index (χ3v) is 2.80. The van der Waals surface area contributed by atoms with Crippen LogP contribution in [0.2, 0.25) is 0 Å². The molecule has 1 aliphatic rings. The number of nitrogens with one attached hydrogen (secondary N) is 1. The molecule has 1 fully saturated rings. The van der Waals surface area contributed by atoms with Crippen molar-refractivity contribution in [1.29, 1.82) is 0 Å². The van der Waals surface area contributed by atoms with Gasteiger partial charge in [0.15, 0.2) is 0 Å². The van der Waals surface area contributed by atoms with Crippen LogP contribution in [0.25, 0.3) is 0 Å². The maximum absolute atomic E-state index is 10.9. The number of aliphatic hydroxyl groups excluding tert-OH is 1. The van der Waals surface area contributed by atoms with E-state index in [-0.39, 0.29) is 18.0 Å². The molecule has 0 radical (unpaired) electrons. The molecule has 0 aromatic carbocycles. The Bertz CT molecular complexity index is 184. The van der Waals surface area contributed by atoms with Gasteiger partial charge in [0.2, 0.25) is 0 Å². The summed E-state index contributed by atoms with van der Waals surface area (Å²) in [6.07, 6.45) is 2.60. The normalized spacial score (nSPS) is 28.1. The summed E-state index contributed by atoms with van der Waals surface area (Å²) in [5, 5.41) is 13.0. The first kappa shape index (κ1) is 11.5. The summed E-state index contributed by atoms with van der Waals surface area (Å²) >= 11 is 0. The molecule has 2 atom stereocenters. The van der Waals surface area contributed by atoms with Crippen LogP contribution in [0.5, 0.6) is 0 Å². The molecule has 0 saturated carbocycles. The molecule has 0 aliphatic carbocycles. The minimum absolute atomic E-state index is 0.186. The first-order chi connectivity index (χ1) is 6.74. The summed E-state index contributed by atoms with van der Waals surface area (Å²) < 4.78 is 4.57. The summed E-state index contributed by atoms with van der Waals surface area (Å²) in [6.45, 7) is 1.80. The highest BCUT2D eigenvalue weighted by Crippen LogP contribution is 2.20. The Labute approximate surface area is 84.6 Å². The lowest BCUT2D eigenvalue weighted by atomic mass is 9.92. The fourth-order valence-electron chi connectivity index (χ4n) is 1.83. The lowest BCUT2D eigenvalue weighted by Gasteiger charge is -2.18. The van der Waals surface area contributed by atoms with E-state index in [1.54, 1.807) is 0 Å². The highest BCUT2D eigenvalue weighted by molar-refractivity contribution is 5.69. The number of carbonyl (C=O) groups is 1. The van der Waals surface area contributed by atoms with Crippen LogP contribution >= 0.6 is 0 Å². The van der Waals surface area contributed by atoms with E-state index in [1.165, 1.54) is 7.11 Å². The van der Waals surface area contributed by atoms with E-state index in [0.29, 0.717) is 6.42 Å². The molecule has 0 aromatic heterocycles. The molecule has 2 N–H and O–H groups in total. The maximum atomic E-state index is 10.9. The van der Waals surface area contributed by atoms with Crippen LogP contribution in [0.3, 0.4) is 0 Å². The fraction of sp³-hybridized carbons (Fsp3) is 0.900. The Morgan fingerprint density at radius 1 is 1.50 bits per heavy atom. The van der Waals surface area contributed by atoms with Crippen molar-refractivity contribution >= 4 is 5.97 Å². The Morgan fingerprint density at radius 3 is 2.93 bits per heavy atom. The third kappa shape index (κ3) is 3.64. The zero-order valence-corrected chi connectivity index (χ0v) is 8.66. The number of aliphatic hydroxyl groups is 1. The summed E-state index contributed by atoms with van der Waals surface area (Å²) in [5.74, 6) is 0.0542. The number of methoxy groups -OCH3 is 1. The monoisotopic (exact) mass is 201 g/mol. The molecule has 0 aromatic rings. The minimum atomic E-state index is -0.269. The Balaban J connectivity index is 2.29. The van der Waals surface area contributed by atoms with Crippen LogP contribution in [-0.2, 0) is 9.53 Å². The van der Waals surface area contributed by atoms with E-state index < -0.39 is 0 Å². The van der Waals surface area contributed by atoms with Crippen molar-refractivity contribution in [2.75, 3.05) is 20.2 Å².